The highest BCUT2D eigenvalue weighted by molar-refractivity contribution is 7.89. The van der Waals surface area contributed by atoms with Gasteiger partial charge in [-0.15, -0.1) is 12.4 Å². The van der Waals surface area contributed by atoms with E-state index in [2.05, 4.69) is 15.4 Å². The third kappa shape index (κ3) is 7.61. The lowest BCUT2D eigenvalue weighted by Crippen LogP contribution is -2.40. The number of sulfonamides is 1. The molecule has 0 aliphatic carbocycles. The fraction of sp³-hybridized carbons (Fsp3) is 0.562. The van der Waals surface area contributed by atoms with Crippen molar-refractivity contribution in [1.82, 2.24) is 15.4 Å². The molecule has 0 aliphatic rings. The second-order valence-electron chi connectivity index (χ2n) is 6.55. The number of rotatable bonds is 7. The van der Waals surface area contributed by atoms with Crippen molar-refractivity contribution in [1.29, 1.82) is 0 Å². The Labute approximate surface area is 151 Å². The van der Waals surface area contributed by atoms with Gasteiger partial charge in [0, 0.05) is 23.7 Å². The van der Waals surface area contributed by atoms with Gasteiger partial charge in [0.15, 0.2) is 0 Å². The number of amides is 1. The lowest BCUT2D eigenvalue weighted by molar-refractivity contribution is 0.0950. The largest absolute Gasteiger partial charge is 0.350 e. The molecule has 0 unspecified atom stereocenters. The highest BCUT2D eigenvalue weighted by Gasteiger charge is 2.22. The van der Waals surface area contributed by atoms with Gasteiger partial charge in [-0.2, -0.15) is 0 Å². The Hall–Kier alpha value is -1.15. The Morgan fingerprint density at radius 3 is 2.17 bits per heavy atom. The van der Waals surface area contributed by atoms with Crippen LogP contribution in [0.3, 0.4) is 0 Å². The Bertz CT molecular complexity index is 625. The zero-order valence-corrected chi connectivity index (χ0v) is 16.5. The molecule has 1 atom stereocenters. The molecule has 0 radical (unpaired) electrons. The van der Waals surface area contributed by atoms with Crippen molar-refractivity contribution in [3.63, 3.8) is 0 Å². The predicted octanol–water partition coefficient (Wildman–Crippen LogP) is 1.91. The average Bonchev–Trinajstić information content (AvgIpc) is 2.43. The van der Waals surface area contributed by atoms with E-state index in [1.54, 1.807) is 20.8 Å². The van der Waals surface area contributed by atoms with E-state index < -0.39 is 15.6 Å². The third-order valence-corrected chi connectivity index (χ3v) is 4.76. The van der Waals surface area contributed by atoms with Crippen LogP contribution in [0.5, 0.6) is 0 Å². The average molecular weight is 378 g/mol. The first-order chi connectivity index (χ1) is 10.5. The van der Waals surface area contributed by atoms with Gasteiger partial charge in [-0.1, -0.05) is 6.92 Å². The third-order valence-electron chi connectivity index (χ3n) is 2.99. The summed E-state index contributed by atoms with van der Waals surface area (Å²) in [5.74, 6) is -0.220. The van der Waals surface area contributed by atoms with Crippen molar-refractivity contribution in [2.24, 2.45) is 0 Å². The van der Waals surface area contributed by atoms with Crippen molar-refractivity contribution in [2.75, 3.05) is 13.1 Å². The van der Waals surface area contributed by atoms with Gasteiger partial charge in [0.25, 0.3) is 5.91 Å². The predicted molar refractivity (Wildman–Crippen MR) is 99.2 cm³/mol. The molecule has 138 valence electrons. The monoisotopic (exact) mass is 377 g/mol. The summed E-state index contributed by atoms with van der Waals surface area (Å²) >= 11 is 0. The molecule has 0 aromatic heterocycles. The quantitative estimate of drug-likeness (QED) is 0.677. The number of likely N-dealkylation sites (N-methyl/N-ethyl adjacent to an activating group) is 1. The number of hydrogen-bond donors (Lipinski definition) is 3. The molecule has 1 aromatic carbocycles. The summed E-state index contributed by atoms with van der Waals surface area (Å²) in [6, 6.07) is 6.10. The fourth-order valence-electron chi connectivity index (χ4n) is 2.02. The topological polar surface area (TPSA) is 87.3 Å². The number of carbonyl (C=O) groups excluding carboxylic acids is 1. The Kier molecular flexibility index (Phi) is 8.91. The van der Waals surface area contributed by atoms with Crippen molar-refractivity contribution in [3.05, 3.63) is 29.8 Å². The Morgan fingerprint density at radius 2 is 1.71 bits per heavy atom. The number of halogens is 1. The number of carbonyl (C=O) groups is 1. The summed E-state index contributed by atoms with van der Waals surface area (Å²) in [5, 5.41) is 6.01. The molecule has 1 rings (SSSR count). The van der Waals surface area contributed by atoms with Crippen LogP contribution < -0.4 is 15.4 Å². The molecular weight excluding hydrogens is 350 g/mol. The maximum absolute atomic E-state index is 12.2. The van der Waals surface area contributed by atoms with E-state index in [1.807, 2.05) is 13.8 Å². The van der Waals surface area contributed by atoms with Crippen molar-refractivity contribution >= 4 is 28.3 Å². The lowest BCUT2D eigenvalue weighted by Gasteiger charge is -2.20. The minimum atomic E-state index is -3.59. The maximum Gasteiger partial charge on any atom is 0.251 e. The standard InChI is InChI=1S/C16H27N3O3S.ClH/c1-6-17-12(2)11-18-15(20)13-7-9-14(10-8-13)23(21,22)19-16(3,4)5;/h7-10,12,17,19H,6,11H2,1-5H3,(H,18,20);1H/t12-;/m1./s1. The molecule has 3 N–H and O–H groups in total. The van der Waals surface area contributed by atoms with Gasteiger partial charge in [-0.05, 0) is 58.5 Å². The molecule has 0 saturated heterocycles. The normalized spacial score (nSPS) is 13.0. The minimum absolute atomic E-state index is 0. The molecule has 0 spiro atoms. The van der Waals surface area contributed by atoms with E-state index in [0.29, 0.717) is 12.1 Å². The molecule has 1 aromatic rings. The van der Waals surface area contributed by atoms with Crippen LogP contribution in [0.15, 0.2) is 29.2 Å². The number of hydrogen-bond acceptors (Lipinski definition) is 4. The summed E-state index contributed by atoms with van der Waals surface area (Å²) in [6.07, 6.45) is 0. The molecule has 0 fully saturated rings. The first kappa shape index (κ1) is 22.9. The van der Waals surface area contributed by atoms with Gasteiger partial charge in [0.2, 0.25) is 10.0 Å². The zero-order valence-electron chi connectivity index (χ0n) is 14.8. The molecular formula is C16H28ClN3O3S. The summed E-state index contributed by atoms with van der Waals surface area (Å²) in [7, 11) is -3.59. The van der Waals surface area contributed by atoms with E-state index in [1.165, 1.54) is 24.3 Å². The van der Waals surface area contributed by atoms with Crippen LogP contribution in [-0.4, -0.2) is 39.0 Å². The van der Waals surface area contributed by atoms with Crippen LogP contribution in [0.2, 0.25) is 0 Å². The van der Waals surface area contributed by atoms with Gasteiger partial charge in [0.1, 0.15) is 0 Å². The molecule has 8 heteroatoms. The van der Waals surface area contributed by atoms with Gasteiger partial charge < -0.3 is 10.6 Å². The summed E-state index contributed by atoms with van der Waals surface area (Å²) in [5.41, 5.74) is -0.125. The molecule has 0 aliphatic heterocycles. The number of benzene rings is 1. The molecule has 0 bridgehead atoms. The van der Waals surface area contributed by atoms with Crippen LogP contribution in [0, 0.1) is 0 Å². The van der Waals surface area contributed by atoms with Crippen LogP contribution in [0.1, 0.15) is 45.0 Å². The highest BCUT2D eigenvalue weighted by Crippen LogP contribution is 2.13. The van der Waals surface area contributed by atoms with E-state index >= 15 is 0 Å². The van der Waals surface area contributed by atoms with Crippen LogP contribution in [0.4, 0.5) is 0 Å². The Balaban J connectivity index is 0.00000529. The van der Waals surface area contributed by atoms with Gasteiger partial charge in [-0.25, -0.2) is 13.1 Å². The smallest absolute Gasteiger partial charge is 0.251 e. The van der Waals surface area contributed by atoms with E-state index in [9.17, 15) is 13.2 Å². The van der Waals surface area contributed by atoms with Crippen molar-refractivity contribution in [2.45, 2.75) is 51.1 Å². The fourth-order valence-corrected chi connectivity index (χ4v) is 3.43. The maximum atomic E-state index is 12.2. The molecule has 6 nitrogen and oxygen atoms in total. The van der Waals surface area contributed by atoms with Crippen LogP contribution in [0.25, 0.3) is 0 Å². The first-order valence-electron chi connectivity index (χ1n) is 7.71. The van der Waals surface area contributed by atoms with E-state index in [0.717, 1.165) is 6.54 Å². The lowest BCUT2D eigenvalue weighted by atomic mass is 10.1. The SMILES string of the molecule is CCN[C@H](C)CNC(=O)c1ccc(S(=O)(=O)NC(C)(C)C)cc1.Cl. The zero-order chi connectivity index (χ0) is 17.7. The highest BCUT2D eigenvalue weighted by atomic mass is 35.5. The van der Waals surface area contributed by atoms with Crippen molar-refractivity contribution in [3.8, 4) is 0 Å². The molecule has 24 heavy (non-hydrogen) atoms. The first-order valence-corrected chi connectivity index (χ1v) is 9.19. The molecule has 0 saturated carbocycles. The van der Waals surface area contributed by atoms with Gasteiger partial charge in [-0.3, -0.25) is 4.79 Å². The minimum Gasteiger partial charge on any atom is -0.350 e. The van der Waals surface area contributed by atoms with E-state index in [-0.39, 0.29) is 29.3 Å². The second kappa shape index (κ2) is 9.36. The Morgan fingerprint density at radius 1 is 1.17 bits per heavy atom. The van der Waals surface area contributed by atoms with Gasteiger partial charge in [0.05, 0.1) is 4.90 Å². The number of nitrogens with one attached hydrogen (secondary N) is 3. The summed E-state index contributed by atoms with van der Waals surface area (Å²) in [6.45, 7) is 10.7. The summed E-state index contributed by atoms with van der Waals surface area (Å²) < 4.78 is 27.0. The molecule has 1 amide bonds. The summed E-state index contributed by atoms with van der Waals surface area (Å²) in [4.78, 5) is 12.2. The van der Waals surface area contributed by atoms with E-state index in [4.69, 9.17) is 0 Å². The van der Waals surface area contributed by atoms with Crippen LogP contribution >= 0.6 is 12.4 Å². The van der Waals surface area contributed by atoms with Gasteiger partial charge >= 0.3 is 0 Å². The van der Waals surface area contributed by atoms with Crippen LogP contribution in [-0.2, 0) is 10.0 Å². The van der Waals surface area contributed by atoms with Crippen molar-refractivity contribution < 1.29 is 13.2 Å². The molecule has 0 heterocycles. The second-order valence-corrected chi connectivity index (χ2v) is 8.23.